The van der Waals surface area contributed by atoms with Crippen LogP contribution in [0.2, 0.25) is 0 Å². The lowest BCUT2D eigenvalue weighted by atomic mass is 9.91. The molecule has 2 unspecified atom stereocenters. The fourth-order valence-electron chi connectivity index (χ4n) is 2.89. The van der Waals surface area contributed by atoms with E-state index in [2.05, 4.69) is 19.1 Å². The lowest BCUT2D eigenvalue weighted by Crippen LogP contribution is -2.20. The lowest BCUT2D eigenvalue weighted by Gasteiger charge is -2.20. The number of aryl methyl sites for hydroxylation is 1. The predicted octanol–water partition coefficient (Wildman–Crippen LogP) is 3.63. The first-order chi connectivity index (χ1) is 10.8. The summed E-state index contributed by atoms with van der Waals surface area (Å²) < 4.78 is 10.5. The average Bonchev–Trinajstić information content (AvgIpc) is 2.40. The van der Waals surface area contributed by atoms with Crippen LogP contribution in [0.1, 0.15) is 57.7 Å². The zero-order valence-corrected chi connectivity index (χ0v) is 14.8. The van der Waals surface area contributed by atoms with Crippen molar-refractivity contribution in [3.63, 3.8) is 0 Å². The molecule has 0 fully saturated rings. The smallest absolute Gasteiger partial charge is 0.302 e. The van der Waals surface area contributed by atoms with Crippen molar-refractivity contribution in [2.75, 3.05) is 0 Å². The van der Waals surface area contributed by atoms with Crippen LogP contribution in [0.25, 0.3) is 0 Å². The zero-order chi connectivity index (χ0) is 17.4. The third kappa shape index (κ3) is 6.85. The Hall–Kier alpha value is -1.84. The molecule has 23 heavy (non-hydrogen) atoms. The minimum atomic E-state index is -0.267. The molecule has 0 aliphatic carbocycles. The molecule has 0 radical (unpaired) electrons. The molecule has 4 nitrogen and oxygen atoms in total. The van der Waals surface area contributed by atoms with Gasteiger partial charge >= 0.3 is 11.9 Å². The van der Waals surface area contributed by atoms with Crippen LogP contribution in [-0.4, -0.2) is 24.1 Å². The number of ether oxygens (including phenoxy) is 2. The standard InChI is InChI=1S/C19H28O4/c1-6-8-17-9-7-10-18(11-13(2)22-15(4)20)19(17)12-14(3)23-16(5)21/h7,9-10,13-14H,6,8,11-12H2,1-5H3. The summed E-state index contributed by atoms with van der Waals surface area (Å²) in [7, 11) is 0. The van der Waals surface area contributed by atoms with Crippen LogP contribution in [0.5, 0.6) is 0 Å². The van der Waals surface area contributed by atoms with Crippen molar-refractivity contribution in [2.45, 2.75) is 72.5 Å². The Bertz CT molecular complexity index is 536. The van der Waals surface area contributed by atoms with E-state index in [0.717, 1.165) is 18.4 Å². The maximum absolute atomic E-state index is 11.2. The second-order valence-electron chi connectivity index (χ2n) is 6.05. The molecule has 1 rings (SSSR count). The third-order valence-electron chi connectivity index (χ3n) is 3.62. The van der Waals surface area contributed by atoms with Gasteiger partial charge in [-0.3, -0.25) is 9.59 Å². The van der Waals surface area contributed by atoms with Crippen LogP contribution in [0.4, 0.5) is 0 Å². The van der Waals surface area contributed by atoms with Crippen molar-refractivity contribution >= 4 is 11.9 Å². The Morgan fingerprint density at radius 1 is 0.957 bits per heavy atom. The van der Waals surface area contributed by atoms with Crippen molar-refractivity contribution < 1.29 is 19.1 Å². The number of carbonyl (C=O) groups excluding carboxylic acids is 2. The highest BCUT2D eigenvalue weighted by Crippen LogP contribution is 2.22. The summed E-state index contributed by atoms with van der Waals surface area (Å²) >= 11 is 0. The van der Waals surface area contributed by atoms with Crippen molar-refractivity contribution in [2.24, 2.45) is 0 Å². The van der Waals surface area contributed by atoms with Crippen LogP contribution in [0, 0.1) is 0 Å². The molecule has 1 aromatic carbocycles. The van der Waals surface area contributed by atoms with Crippen molar-refractivity contribution in [3.05, 3.63) is 34.9 Å². The fourth-order valence-corrected chi connectivity index (χ4v) is 2.89. The number of carbonyl (C=O) groups is 2. The van der Waals surface area contributed by atoms with E-state index in [1.165, 1.54) is 25.0 Å². The van der Waals surface area contributed by atoms with Gasteiger partial charge in [0.05, 0.1) is 0 Å². The first-order valence-electron chi connectivity index (χ1n) is 8.27. The minimum Gasteiger partial charge on any atom is -0.463 e. The van der Waals surface area contributed by atoms with E-state index in [-0.39, 0.29) is 24.1 Å². The summed E-state index contributed by atoms with van der Waals surface area (Å²) in [5.41, 5.74) is 3.64. The van der Waals surface area contributed by atoms with E-state index in [1.54, 1.807) is 0 Å². The minimum absolute atomic E-state index is 0.173. The second kappa shape index (κ2) is 9.33. The highest BCUT2D eigenvalue weighted by Gasteiger charge is 2.16. The van der Waals surface area contributed by atoms with Gasteiger partial charge in [-0.15, -0.1) is 0 Å². The summed E-state index contributed by atoms with van der Waals surface area (Å²) in [5.74, 6) is -0.530. The van der Waals surface area contributed by atoms with Gasteiger partial charge in [0.25, 0.3) is 0 Å². The van der Waals surface area contributed by atoms with Crippen molar-refractivity contribution in [3.8, 4) is 0 Å². The predicted molar refractivity (Wildman–Crippen MR) is 90.3 cm³/mol. The number of hydrogen-bond acceptors (Lipinski definition) is 4. The van der Waals surface area contributed by atoms with E-state index in [4.69, 9.17) is 9.47 Å². The number of rotatable bonds is 8. The van der Waals surface area contributed by atoms with Gasteiger partial charge in [0, 0.05) is 26.7 Å². The Labute approximate surface area is 139 Å². The summed E-state index contributed by atoms with van der Waals surface area (Å²) in [4.78, 5) is 22.3. The van der Waals surface area contributed by atoms with Crippen LogP contribution in [-0.2, 0) is 38.3 Å². The Kier molecular flexibility index (Phi) is 7.79. The van der Waals surface area contributed by atoms with Gasteiger partial charge in [-0.05, 0) is 37.0 Å². The summed E-state index contributed by atoms with van der Waals surface area (Å²) in [6.45, 7) is 8.80. The number of benzene rings is 1. The lowest BCUT2D eigenvalue weighted by molar-refractivity contribution is -0.146. The maximum atomic E-state index is 11.2. The number of esters is 2. The molecule has 0 aliphatic rings. The van der Waals surface area contributed by atoms with Crippen molar-refractivity contribution in [1.29, 1.82) is 0 Å². The zero-order valence-electron chi connectivity index (χ0n) is 14.8. The van der Waals surface area contributed by atoms with E-state index < -0.39 is 0 Å². The van der Waals surface area contributed by atoms with E-state index in [0.29, 0.717) is 12.8 Å². The molecule has 0 bridgehead atoms. The van der Waals surface area contributed by atoms with Gasteiger partial charge in [-0.1, -0.05) is 31.5 Å². The van der Waals surface area contributed by atoms with Crippen LogP contribution >= 0.6 is 0 Å². The molecule has 4 heteroatoms. The molecule has 0 saturated carbocycles. The molecule has 0 spiro atoms. The topological polar surface area (TPSA) is 52.6 Å². The molecule has 128 valence electrons. The van der Waals surface area contributed by atoms with Gasteiger partial charge in [0.2, 0.25) is 0 Å². The molecule has 2 atom stereocenters. The van der Waals surface area contributed by atoms with Gasteiger partial charge in [-0.2, -0.15) is 0 Å². The Balaban J connectivity index is 3.01. The molecular formula is C19H28O4. The average molecular weight is 320 g/mol. The summed E-state index contributed by atoms with van der Waals surface area (Å²) in [6, 6.07) is 6.23. The van der Waals surface area contributed by atoms with Crippen LogP contribution in [0.15, 0.2) is 18.2 Å². The van der Waals surface area contributed by atoms with Gasteiger partial charge in [-0.25, -0.2) is 0 Å². The summed E-state index contributed by atoms with van der Waals surface area (Å²) in [5, 5.41) is 0. The number of hydrogen-bond donors (Lipinski definition) is 0. The molecular weight excluding hydrogens is 292 g/mol. The van der Waals surface area contributed by atoms with Crippen molar-refractivity contribution in [1.82, 2.24) is 0 Å². The normalized spacial score (nSPS) is 13.3. The van der Waals surface area contributed by atoms with Crippen LogP contribution < -0.4 is 0 Å². The molecule has 0 aromatic heterocycles. The van der Waals surface area contributed by atoms with Gasteiger partial charge < -0.3 is 9.47 Å². The SMILES string of the molecule is CCCc1cccc(CC(C)OC(C)=O)c1CC(C)OC(C)=O. The fraction of sp³-hybridized carbons (Fsp3) is 0.579. The third-order valence-corrected chi connectivity index (χ3v) is 3.62. The quantitative estimate of drug-likeness (QED) is 0.686. The maximum Gasteiger partial charge on any atom is 0.302 e. The van der Waals surface area contributed by atoms with Crippen LogP contribution in [0.3, 0.4) is 0 Å². The summed E-state index contributed by atoms with van der Waals surface area (Å²) in [6.07, 6.45) is 3.04. The highest BCUT2D eigenvalue weighted by molar-refractivity contribution is 5.66. The molecule has 0 amide bonds. The first kappa shape index (κ1) is 19.2. The molecule has 1 aromatic rings. The molecule has 0 N–H and O–H groups in total. The van der Waals surface area contributed by atoms with E-state index in [9.17, 15) is 9.59 Å². The largest absolute Gasteiger partial charge is 0.463 e. The van der Waals surface area contributed by atoms with Gasteiger partial charge in [0.1, 0.15) is 12.2 Å². The Morgan fingerprint density at radius 2 is 1.48 bits per heavy atom. The van der Waals surface area contributed by atoms with Gasteiger partial charge in [0.15, 0.2) is 0 Å². The first-order valence-corrected chi connectivity index (χ1v) is 8.27. The Morgan fingerprint density at radius 3 is 2.00 bits per heavy atom. The second-order valence-corrected chi connectivity index (χ2v) is 6.05. The monoisotopic (exact) mass is 320 g/mol. The molecule has 0 aliphatic heterocycles. The molecule has 0 saturated heterocycles. The highest BCUT2D eigenvalue weighted by atomic mass is 16.5. The van der Waals surface area contributed by atoms with E-state index in [1.807, 2.05) is 19.9 Å². The van der Waals surface area contributed by atoms with E-state index >= 15 is 0 Å². The molecule has 0 heterocycles.